The van der Waals surface area contributed by atoms with Crippen LogP contribution >= 0.6 is 0 Å². The molecule has 0 bridgehead atoms. The van der Waals surface area contributed by atoms with Crippen molar-refractivity contribution in [3.05, 3.63) is 0 Å². The van der Waals surface area contributed by atoms with Gasteiger partial charge in [-0.25, -0.2) is 0 Å². The SMILES string of the molecule is CCNC1CCCN(C(=O)C2CC2(C)C)C1. The minimum Gasteiger partial charge on any atom is -0.341 e. The molecule has 0 radical (unpaired) electrons. The molecule has 2 aliphatic rings. The van der Waals surface area contributed by atoms with E-state index in [1.165, 1.54) is 6.42 Å². The van der Waals surface area contributed by atoms with E-state index >= 15 is 0 Å². The van der Waals surface area contributed by atoms with Crippen molar-refractivity contribution in [3.8, 4) is 0 Å². The third-order valence-electron chi connectivity index (χ3n) is 4.04. The molecule has 2 fully saturated rings. The molecule has 0 aromatic carbocycles. The maximum absolute atomic E-state index is 12.2. The van der Waals surface area contributed by atoms with Gasteiger partial charge in [-0.15, -0.1) is 0 Å². The van der Waals surface area contributed by atoms with Crippen LogP contribution in [0.15, 0.2) is 0 Å². The number of likely N-dealkylation sites (N-methyl/N-ethyl adjacent to an activating group) is 1. The summed E-state index contributed by atoms with van der Waals surface area (Å²) in [5.74, 6) is 0.695. The predicted octanol–water partition coefficient (Wildman–Crippen LogP) is 1.63. The smallest absolute Gasteiger partial charge is 0.226 e. The van der Waals surface area contributed by atoms with Gasteiger partial charge in [0.2, 0.25) is 5.91 Å². The molecule has 2 unspecified atom stereocenters. The van der Waals surface area contributed by atoms with Crippen LogP contribution in [0, 0.1) is 11.3 Å². The van der Waals surface area contributed by atoms with Gasteiger partial charge in [-0.2, -0.15) is 0 Å². The van der Waals surface area contributed by atoms with E-state index in [1.807, 2.05) is 0 Å². The lowest BCUT2D eigenvalue weighted by molar-refractivity contribution is -0.134. The average Bonchev–Trinajstić information content (AvgIpc) is 2.88. The van der Waals surface area contributed by atoms with Crippen LogP contribution in [0.5, 0.6) is 0 Å². The Kier molecular flexibility index (Phi) is 3.24. The summed E-state index contributed by atoms with van der Waals surface area (Å²) in [4.78, 5) is 14.3. The van der Waals surface area contributed by atoms with Crippen molar-refractivity contribution in [1.29, 1.82) is 0 Å². The number of likely N-dealkylation sites (tertiary alicyclic amines) is 1. The van der Waals surface area contributed by atoms with Gasteiger partial charge in [0.1, 0.15) is 0 Å². The third kappa shape index (κ3) is 2.40. The van der Waals surface area contributed by atoms with E-state index in [0.717, 1.165) is 32.5 Å². The van der Waals surface area contributed by atoms with Gasteiger partial charge in [-0.1, -0.05) is 20.8 Å². The summed E-state index contributed by atoms with van der Waals surface area (Å²) in [6.07, 6.45) is 3.44. The van der Waals surface area contributed by atoms with Crippen molar-refractivity contribution in [3.63, 3.8) is 0 Å². The molecular weight excluding hydrogens is 200 g/mol. The number of hydrogen-bond donors (Lipinski definition) is 1. The van der Waals surface area contributed by atoms with E-state index in [4.69, 9.17) is 0 Å². The van der Waals surface area contributed by atoms with Crippen LogP contribution < -0.4 is 5.32 Å². The quantitative estimate of drug-likeness (QED) is 0.790. The molecule has 1 saturated carbocycles. The molecule has 3 nitrogen and oxygen atoms in total. The Balaban J connectivity index is 1.87. The molecule has 1 amide bonds. The molecule has 0 aromatic rings. The second kappa shape index (κ2) is 4.36. The summed E-state index contributed by atoms with van der Waals surface area (Å²) in [5, 5.41) is 3.46. The normalized spacial score (nSPS) is 32.6. The first-order chi connectivity index (χ1) is 7.54. The number of nitrogens with one attached hydrogen (secondary N) is 1. The summed E-state index contributed by atoms with van der Waals surface area (Å²) >= 11 is 0. The molecule has 0 aromatic heterocycles. The van der Waals surface area contributed by atoms with Crippen molar-refractivity contribution in [2.24, 2.45) is 11.3 Å². The molecule has 3 heteroatoms. The standard InChI is InChI=1S/C13H24N2O/c1-4-14-10-6-5-7-15(9-10)12(16)11-8-13(11,2)3/h10-11,14H,4-9H2,1-3H3. The highest BCUT2D eigenvalue weighted by molar-refractivity contribution is 5.82. The molecule has 2 atom stereocenters. The van der Waals surface area contributed by atoms with E-state index < -0.39 is 0 Å². The molecule has 1 heterocycles. The molecule has 1 aliphatic carbocycles. The lowest BCUT2D eigenvalue weighted by Gasteiger charge is -2.33. The molecule has 2 rings (SSSR count). The second-order valence-electron chi connectivity index (χ2n) is 5.93. The number of hydrogen-bond acceptors (Lipinski definition) is 2. The van der Waals surface area contributed by atoms with E-state index in [9.17, 15) is 4.79 Å². The molecule has 92 valence electrons. The highest BCUT2D eigenvalue weighted by Crippen LogP contribution is 2.52. The molecule has 16 heavy (non-hydrogen) atoms. The minimum absolute atomic E-state index is 0.266. The number of carbonyl (C=O) groups is 1. The van der Waals surface area contributed by atoms with Gasteiger partial charge >= 0.3 is 0 Å². The van der Waals surface area contributed by atoms with Crippen LogP contribution in [0.4, 0.5) is 0 Å². The lowest BCUT2D eigenvalue weighted by Crippen LogP contribution is -2.48. The highest BCUT2D eigenvalue weighted by Gasteiger charge is 2.52. The first kappa shape index (κ1) is 11.9. The van der Waals surface area contributed by atoms with Gasteiger partial charge in [0, 0.05) is 25.0 Å². The maximum Gasteiger partial charge on any atom is 0.226 e. The monoisotopic (exact) mass is 224 g/mol. The van der Waals surface area contributed by atoms with Crippen LogP contribution in [0.1, 0.15) is 40.0 Å². The van der Waals surface area contributed by atoms with Crippen LogP contribution in [0.2, 0.25) is 0 Å². The average molecular weight is 224 g/mol. The van der Waals surface area contributed by atoms with E-state index in [-0.39, 0.29) is 5.41 Å². The van der Waals surface area contributed by atoms with E-state index in [2.05, 4.69) is 31.0 Å². The lowest BCUT2D eigenvalue weighted by atomic mass is 10.0. The van der Waals surface area contributed by atoms with Gasteiger partial charge < -0.3 is 10.2 Å². The number of nitrogens with zero attached hydrogens (tertiary/aromatic N) is 1. The molecule has 1 N–H and O–H groups in total. The summed E-state index contributed by atoms with van der Waals surface area (Å²) < 4.78 is 0. The number of rotatable bonds is 3. The Morgan fingerprint density at radius 2 is 2.19 bits per heavy atom. The maximum atomic E-state index is 12.2. The van der Waals surface area contributed by atoms with Crippen molar-refractivity contribution >= 4 is 5.91 Å². The van der Waals surface area contributed by atoms with Gasteiger partial charge in [-0.3, -0.25) is 4.79 Å². The van der Waals surface area contributed by atoms with Crippen LogP contribution in [-0.4, -0.2) is 36.5 Å². The van der Waals surface area contributed by atoms with Crippen LogP contribution in [0.3, 0.4) is 0 Å². The second-order valence-corrected chi connectivity index (χ2v) is 5.93. The van der Waals surface area contributed by atoms with Crippen molar-refractivity contribution in [2.45, 2.75) is 46.1 Å². The zero-order valence-electron chi connectivity index (χ0n) is 10.8. The van der Waals surface area contributed by atoms with Gasteiger partial charge in [0.05, 0.1) is 0 Å². The third-order valence-corrected chi connectivity index (χ3v) is 4.04. The summed E-state index contributed by atoms with van der Waals surface area (Å²) in [6.45, 7) is 9.40. The highest BCUT2D eigenvalue weighted by atomic mass is 16.2. The zero-order valence-corrected chi connectivity index (χ0v) is 10.8. The van der Waals surface area contributed by atoms with Crippen molar-refractivity contribution < 1.29 is 4.79 Å². The van der Waals surface area contributed by atoms with Crippen molar-refractivity contribution in [2.75, 3.05) is 19.6 Å². The molecule has 1 aliphatic heterocycles. The summed E-state index contributed by atoms with van der Waals surface area (Å²) in [5.41, 5.74) is 0.266. The minimum atomic E-state index is 0.266. The fourth-order valence-corrected chi connectivity index (χ4v) is 2.74. The van der Waals surface area contributed by atoms with Gasteiger partial charge in [-0.05, 0) is 31.2 Å². The van der Waals surface area contributed by atoms with Crippen LogP contribution in [-0.2, 0) is 4.79 Å². The zero-order chi connectivity index (χ0) is 11.8. The van der Waals surface area contributed by atoms with Crippen LogP contribution in [0.25, 0.3) is 0 Å². The summed E-state index contributed by atoms with van der Waals surface area (Å²) in [6, 6.07) is 0.518. The molecular formula is C13H24N2O. The molecule has 1 saturated heterocycles. The molecule has 0 spiro atoms. The Hall–Kier alpha value is -0.570. The Morgan fingerprint density at radius 3 is 2.75 bits per heavy atom. The van der Waals surface area contributed by atoms with E-state index in [0.29, 0.717) is 17.9 Å². The number of piperidine rings is 1. The van der Waals surface area contributed by atoms with Gasteiger partial charge in [0.25, 0.3) is 0 Å². The van der Waals surface area contributed by atoms with E-state index in [1.54, 1.807) is 0 Å². The largest absolute Gasteiger partial charge is 0.341 e. The first-order valence-corrected chi connectivity index (χ1v) is 6.57. The summed E-state index contributed by atoms with van der Waals surface area (Å²) in [7, 11) is 0. The Labute approximate surface area is 98.6 Å². The fourth-order valence-electron chi connectivity index (χ4n) is 2.74. The van der Waals surface area contributed by atoms with Gasteiger partial charge in [0.15, 0.2) is 0 Å². The first-order valence-electron chi connectivity index (χ1n) is 6.57. The fraction of sp³-hybridized carbons (Fsp3) is 0.923. The van der Waals surface area contributed by atoms with Crippen molar-refractivity contribution in [1.82, 2.24) is 10.2 Å². The Morgan fingerprint density at radius 1 is 1.50 bits per heavy atom. The number of carbonyl (C=O) groups excluding carboxylic acids is 1. The predicted molar refractivity (Wildman–Crippen MR) is 65.2 cm³/mol. The topological polar surface area (TPSA) is 32.3 Å². The Bertz CT molecular complexity index is 273. The number of amides is 1.